The fourth-order valence-corrected chi connectivity index (χ4v) is 2.28. The summed E-state index contributed by atoms with van der Waals surface area (Å²) in [5.41, 5.74) is 1.06. The third kappa shape index (κ3) is 6.72. The van der Waals surface area contributed by atoms with Crippen molar-refractivity contribution in [1.29, 1.82) is 0 Å². The number of urea groups is 1. The zero-order valence-corrected chi connectivity index (χ0v) is 15.2. The van der Waals surface area contributed by atoms with Crippen molar-refractivity contribution in [3.8, 4) is 0 Å². The number of hydrogen-bond donors (Lipinski definition) is 3. The summed E-state index contributed by atoms with van der Waals surface area (Å²) in [5.74, 6) is -0.474. The van der Waals surface area contributed by atoms with Gasteiger partial charge in [0.25, 0.3) is 5.91 Å². The number of carbonyl (C=O) groups excluding carboxylic acids is 3. The van der Waals surface area contributed by atoms with Gasteiger partial charge in [-0.05, 0) is 43.5 Å². The number of amides is 4. The third-order valence-electron chi connectivity index (χ3n) is 3.88. The summed E-state index contributed by atoms with van der Waals surface area (Å²) in [7, 11) is 3.18. The summed E-state index contributed by atoms with van der Waals surface area (Å²) in [6.45, 7) is 1.07. The van der Waals surface area contributed by atoms with Crippen LogP contribution in [0.15, 0.2) is 24.3 Å². The zero-order valence-electron chi connectivity index (χ0n) is 15.2. The Hall–Kier alpha value is -2.61. The number of rotatable bonds is 9. The maximum Gasteiger partial charge on any atom is 0.319 e. The number of carbonyl (C=O) groups is 3. The molecule has 0 unspecified atom stereocenters. The summed E-state index contributed by atoms with van der Waals surface area (Å²) in [5, 5.41) is 8.29. The molecule has 0 bridgehead atoms. The molecular weight excluding hydrogens is 336 g/mol. The second kappa shape index (κ2) is 9.76. The molecular formula is C18H26N4O4. The van der Waals surface area contributed by atoms with Crippen molar-refractivity contribution in [2.45, 2.75) is 25.3 Å². The summed E-state index contributed by atoms with van der Waals surface area (Å²) in [6, 6.07) is 6.62. The van der Waals surface area contributed by atoms with E-state index in [-0.39, 0.29) is 30.4 Å². The van der Waals surface area contributed by atoms with Crippen molar-refractivity contribution in [3.63, 3.8) is 0 Å². The van der Waals surface area contributed by atoms with Crippen LogP contribution in [0.2, 0.25) is 0 Å². The van der Waals surface area contributed by atoms with Crippen LogP contribution in [-0.2, 0) is 9.53 Å². The molecule has 1 aromatic carbocycles. The summed E-state index contributed by atoms with van der Waals surface area (Å²) < 4.78 is 4.91. The Labute approximate surface area is 153 Å². The van der Waals surface area contributed by atoms with E-state index in [0.29, 0.717) is 24.4 Å². The van der Waals surface area contributed by atoms with Crippen molar-refractivity contribution < 1.29 is 19.1 Å². The Kier molecular flexibility index (Phi) is 7.40. The fraction of sp³-hybridized carbons (Fsp3) is 0.500. The Morgan fingerprint density at radius 2 is 1.88 bits per heavy atom. The topological polar surface area (TPSA) is 99.8 Å². The molecule has 8 heteroatoms. The van der Waals surface area contributed by atoms with Crippen LogP contribution in [-0.4, -0.2) is 62.6 Å². The van der Waals surface area contributed by atoms with Gasteiger partial charge in [-0.3, -0.25) is 9.59 Å². The van der Waals surface area contributed by atoms with E-state index in [9.17, 15) is 14.4 Å². The standard InChI is InChI=1S/C18H26N4O4/c1-22(12-16(23)19-10-3-11-26-2)17(24)13-4-6-14(7-5-13)20-18(25)21-15-8-9-15/h4-7,15H,3,8-12H2,1-2H3,(H,19,23)(H2,20,21,25). The zero-order chi connectivity index (χ0) is 18.9. The van der Waals surface area contributed by atoms with Crippen LogP contribution in [0, 0.1) is 0 Å². The Bertz CT molecular complexity index is 629. The van der Waals surface area contributed by atoms with Gasteiger partial charge in [0.15, 0.2) is 0 Å². The van der Waals surface area contributed by atoms with E-state index in [1.807, 2.05) is 0 Å². The first kappa shape index (κ1) is 19.7. The molecule has 8 nitrogen and oxygen atoms in total. The third-order valence-corrected chi connectivity index (χ3v) is 3.88. The lowest BCUT2D eigenvalue weighted by atomic mass is 10.2. The number of nitrogens with zero attached hydrogens (tertiary/aromatic N) is 1. The molecule has 0 atom stereocenters. The van der Waals surface area contributed by atoms with Gasteiger partial charge < -0.3 is 25.6 Å². The molecule has 0 radical (unpaired) electrons. The largest absolute Gasteiger partial charge is 0.385 e. The highest BCUT2D eigenvalue weighted by Crippen LogP contribution is 2.19. The molecule has 0 aromatic heterocycles. The van der Waals surface area contributed by atoms with Crippen LogP contribution >= 0.6 is 0 Å². The Balaban J connectivity index is 1.78. The Morgan fingerprint density at radius 1 is 1.19 bits per heavy atom. The Morgan fingerprint density at radius 3 is 2.50 bits per heavy atom. The number of likely N-dealkylation sites (N-methyl/N-ethyl adjacent to an activating group) is 1. The summed E-state index contributed by atoms with van der Waals surface area (Å²) >= 11 is 0. The van der Waals surface area contributed by atoms with Crippen LogP contribution in [0.1, 0.15) is 29.6 Å². The molecule has 0 heterocycles. The van der Waals surface area contributed by atoms with Crippen molar-refractivity contribution in [2.24, 2.45) is 0 Å². The van der Waals surface area contributed by atoms with Crippen LogP contribution in [0.3, 0.4) is 0 Å². The van der Waals surface area contributed by atoms with Crippen molar-refractivity contribution >= 4 is 23.5 Å². The average molecular weight is 362 g/mol. The lowest BCUT2D eigenvalue weighted by Gasteiger charge is -2.17. The second-order valence-corrected chi connectivity index (χ2v) is 6.31. The van der Waals surface area contributed by atoms with E-state index in [4.69, 9.17) is 4.74 Å². The van der Waals surface area contributed by atoms with Gasteiger partial charge in [0.1, 0.15) is 0 Å². The molecule has 1 aliphatic carbocycles. The average Bonchev–Trinajstić information content (AvgIpc) is 3.42. The SMILES string of the molecule is COCCCNC(=O)CN(C)C(=O)c1ccc(NC(=O)NC2CC2)cc1. The number of benzene rings is 1. The van der Waals surface area contributed by atoms with Gasteiger partial charge in [0.05, 0.1) is 6.54 Å². The summed E-state index contributed by atoms with van der Waals surface area (Å²) in [4.78, 5) is 37.2. The van der Waals surface area contributed by atoms with Crippen molar-refractivity contribution in [3.05, 3.63) is 29.8 Å². The van der Waals surface area contributed by atoms with Crippen LogP contribution in [0.25, 0.3) is 0 Å². The minimum absolute atomic E-state index is 0.0182. The maximum atomic E-state index is 12.4. The molecule has 2 rings (SSSR count). The van der Waals surface area contributed by atoms with Gasteiger partial charge in [0, 0.05) is 44.6 Å². The smallest absolute Gasteiger partial charge is 0.319 e. The molecule has 1 saturated carbocycles. The van der Waals surface area contributed by atoms with Gasteiger partial charge in [-0.1, -0.05) is 0 Å². The molecule has 1 fully saturated rings. The molecule has 26 heavy (non-hydrogen) atoms. The maximum absolute atomic E-state index is 12.4. The highest BCUT2D eigenvalue weighted by atomic mass is 16.5. The van der Waals surface area contributed by atoms with E-state index in [0.717, 1.165) is 19.3 Å². The molecule has 142 valence electrons. The monoisotopic (exact) mass is 362 g/mol. The number of methoxy groups -OCH3 is 1. The van der Waals surface area contributed by atoms with Crippen molar-refractivity contribution in [1.82, 2.24) is 15.5 Å². The number of hydrogen-bond acceptors (Lipinski definition) is 4. The van der Waals surface area contributed by atoms with Gasteiger partial charge in [0.2, 0.25) is 5.91 Å². The minimum Gasteiger partial charge on any atom is -0.385 e. The molecule has 0 spiro atoms. The summed E-state index contributed by atoms with van der Waals surface area (Å²) in [6.07, 6.45) is 2.77. The van der Waals surface area contributed by atoms with E-state index in [2.05, 4.69) is 16.0 Å². The molecule has 0 aliphatic heterocycles. The molecule has 4 amide bonds. The lowest BCUT2D eigenvalue weighted by molar-refractivity contribution is -0.121. The molecule has 3 N–H and O–H groups in total. The quantitative estimate of drug-likeness (QED) is 0.575. The lowest BCUT2D eigenvalue weighted by Crippen LogP contribution is -2.38. The van der Waals surface area contributed by atoms with Crippen molar-refractivity contribution in [2.75, 3.05) is 39.2 Å². The molecule has 1 aromatic rings. The highest BCUT2D eigenvalue weighted by molar-refractivity contribution is 5.97. The van der Waals surface area contributed by atoms with Gasteiger partial charge in [-0.15, -0.1) is 0 Å². The second-order valence-electron chi connectivity index (χ2n) is 6.31. The number of nitrogens with one attached hydrogen (secondary N) is 3. The van der Waals surface area contributed by atoms with Gasteiger partial charge in [-0.2, -0.15) is 0 Å². The fourth-order valence-electron chi connectivity index (χ4n) is 2.28. The number of ether oxygens (including phenoxy) is 1. The predicted molar refractivity (Wildman–Crippen MR) is 98.1 cm³/mol. The first-order valence-corrected chi connectivity index (χ1v) is 8.68. The first-order valence-electron chi connectivity index (χ1n) is 8.68. The molecule has 0 saturated heterocycles. The van der Waals surface area contributed by atoms with Gasteiger partial charge >= 0.3 is 6.03 Å². The van der Waals surface area contributed by atoms with E-state index >= 15 is 0 Å². The predicted octanol–water partition coefficient (Wildman–Crippen LogP) is 1.20. The number of anilines is 1. The minimum atomic E-state index is -0.258. The van der Waals surface area contributed by atoms with E-state index < -0.39 is 0 Å². The van der Waals surface area contributed by atoms with E-state index in [1.54, 1.807) is 38.4 Å². The van der Waals surface area contributed by atoms with Crippen LogP contribution in [0.4, 0.5) is 10.5 Å². The normalized spacial score (nSPS) is 13.0. The van der Waals surface area contributed by atoms with Gasteiger partial charge in [-0.25, -0.2) is 4.79 Å². The van der Waals surface area contributed by atoms with Crippen LogP contribution in [0.5, 0.6) is 0 Å². The van der Waals surface area contributed by atoms with Crippen LogP contribution < -0.4 is 16.0 Å². The first-order chi connectivity index (χ1) is 12.5. The van der Waals surface area contributed by atoms with E-state index in [1.165, 1.54) is 4.90 Å². The molecule has 1 aliphatic rings. The highest BCUT2D eigenvalue weighted by Gasteiger charge is 2.23.